The van der Waals surface area contributed by atoms with Gasteiger partial charge in [-0.3, -0.25) is 10.2 Å². The summed E-state index contributed by atoms with van der Waals surface area (Å²) >= 11 is 0. The van der Waals surface area contributed by atoms with E-state index in [-0.39, 0.29) is 5.54 Å². The van der Waals surface area contributed by atoms with Crippen LogP contribution in [0.4, 0.5) is 0 Å². The molecule has 1 saturated carbocycles. The fourth-order valence-electron chi connectivity index (χ4n) is 3.95. The lowest BCUT2D eigenvalue weighted by atomic mass is 9.79. The van der Waals surface area contributed by atoms with Crippen LogP contribution in [0.3, 0.4) is 0 Å². The lowest BCUT2D eigenvalue weighted by Crippen LogP contribution is -2.53. The highest BCUT2D eigenvalue weighted by atomic mass is 15.2. The average molecular weight is 249 g/mol. The summed E-state index contributed by atoms with van der Waals surface area (Å²) in [6.07, 6.45) is 8.48. The number of hydrogen-bond donors (Lipinski definition) is 1. The van der Waals surface area contributed by atoms with Crippen LogP contribution in [0.15, 0.2) is 0 Å². The number of nitriles is 1. The molecular formula is C15H27N3. The summed E-state index contributed by atoms with van der Waals surface area (Å²) in [6.45, 7) is 6.55. The predicted molar refractivity (Wildman–Crippen MR) is 74.3 cm³/mol. The summed E-state index contributed by atoms with van der Waals surface area (Å²) in [5.74, 6) is 0. The lowest BCUT2D eigenvalue weighted by Gasteiger charge is -2.42. The van der Waals surface area contributed by atoms with Gasteiger partial charge in [-0.1, -0.05) is 13.8 Å². The molecule has 3 nitrogen and oxygen atoms in total. The minimum atomic E-state index is -0.251. The van der Waals surface area contributed by atoms with E-state index in [1.807, 2.05) is 0 Å². The molecule has 2 aliphatic rings. The van der Waals surface area contributed by atoms with E-state index in [9.17, 15) is 5.26 Å². The van der Waals surface area contributed by atoms with E-state index in [0.29, 0.717) is 6.04 Å². The molecule has 1 N–H and O–H groups in total. The van der Waals surface area contributed by atoms with Crippen molar-refractivity contribution in [2.45, 2.75) is 76.4 Å². The smallest absolute Gasteiger partial charge is 0.108 e. The van der Waals surface area contributed by atoms with Gasteiger partial charge in [0.15, 0.2) is 0 Å². The zero-order chi connectivity index (χ0) is 13.0. The maximum atomic E-state index is 9.53. The van der Waals surface area contributed by atoms with Crippen LogP contribution in [-0.2, 0) is 0 Å². The summed E-state index contributed by atoms with van der Waals surface area (Å²) in [4.78, 5) is 2.70. The van der Waals surface area contributed by atoms with E-state index in [1.165, 1.54) is 38.6 Å². The number of likely N-dealkylation sites (tertiary alicyclic amines) is 1. The fraction of sp³-hybridized carbons (Fsp3) is 0.933. The van der Waals surface area contributed by atoms with Crippen molar-refractivity contribution < 1.29 is 0 Å². The van der Waals surface area contributed by atoms with E-state index >= 15 is 0 Å². The van der Waals surface area contributed by atoms with Gasteiger partial charge < -0.3 is 0 Å². The van der Waals surface area contributed by atoms with Gasteiger partial charge in [-0.2, -0.15) is 5.26 Å². The van der Waals surface area contributed by atoms with Crippen molar-refractivity contribution in [3.63, 3.8) is 0 Å². The van der Waals surface area contributed by atoms with E-state index < -0.39 is 0 Å². The highest BCUT2D eigenvalue weighted by Gasteiger charge is 2.40. The minimum absolute atomic E-state index is 0.251. The molecule has 2 fully saturated rings. The molecular weight excluding hydrogens is 222 g/mol. The molecule has 0 radical (unpaired) electrons. The van der Waals surface area contributed by atoms with Crippen molar-refractivity contribution in [3.05, 3.63) is 0 Å². The molecule has 0 spiro atoms. The van der Waals surface area contributed by atoms with E-state index in [1.54, 1.807) is 0 Å². The van der Waals surface area contributed by atoms with Gasteiger partial charge in [-0.25, -0.2) is 0 Å². The zero-order valence-corrected chi connectivity index (χ0v) is 11.9. The third kappa shape index (κ3) is 2.70. The Morgan fingerprint density at radius 1 is 1.33 bits per heavy atom. The SMILES string of the molecule is CCNC1(C#N)CCCC(N2CCCC2CC)C1. The Hall–Kier alpha value is -0.590. The molecule has 0 amide bonds. The van der Waals surface area contributed by atoms with Gasteiger partial charge in [0.1, 0.15) is 5.54 Å². The summed E-state index contributed by atoms with van der Waals surface area (Å²) in [5.41, 5.74) is -0.251. The second kappa shape index (κ2) is 6.04. The Labute approximate surface area is 112 Å². The van der Waals surface area contributed by atoms with Crippen molar-refractivity contribution in [2.24, 2.45) is 0 Å². The number of hydrogen-bond acceptors (Lipinski definition) is 3. The van der Waals surface area contributed by atoms with Crippen molar-refractivity contribution in [2.75, 3.05) is 13.1 Å². The molecule has 3 unspecified atom stereocenters. The second-order valence-electron chi connectivity index (χ2n) is 5.92. The van der Waals surface area contributed by atoms with Gasteiger partial charge in [-0.15, -0.1) is 0 Å². The minimum Gasteiger partial charge on any atom is -0.300 e. The first-order valence-corrected chi connectivity index (χ1v) is 7.66. The summed E-state index contributed by atoms with van der Waals surface area (Å²) < 4.78 is 0. The Bertz CT molecular complexity index is 305. The average Bonchev–Trinajstić information content (AvgIpc) is 2.87. The molecule has 2 rings (SSSR count). The van der Waals surface area contributed by atoms with Crippen LogP contribution in [0, 0.1) is 11.3 Å². The largest absolute Gasteiger partial charge is 0.300 e. The number of rotatable bonds is 4. The van der Waals surface area contributed by atoms with Gasteiger partial charge in [0.25, 0.3) is 0 Å². The van der Waals surface area contributed by atoms with Gasteiger partial charge in [0.05, 0.1) is 6.07 Å². The molecule has 3 atom stereocenters. The highest BCUT2D eigenvalue weighted by Crippen LogP contribution is 2.35. The van der Waals surface area contributed by atoms with Gasteiger partial charge in [-0.05, 0) is 58.0 Å². The van der Waals surface area contributed by atoms with E-state index in [2.05, 4.69) is 30.1 Å². The molecule has 1 aliphatic heterocycles. The highest BCUT2D eigenvalue weighted by molar-refractivity contribution is 5.11. The Morgan fingerprint density at radius 2 is 2.17 bits per heavy atom. The first-order valence-electron chi connectivity index (χ1n) is 7.66. The van der Waals surface area contributed by atoms with Crippen LogP contribution in [0.1, 0.15) is 58.8 Å². The van der Waals surface area contributed by atoms with Crippen LogP contribution in [-0.4, -0.2) is 35.6 Å². The van der Waals surface area contributed by atoms with E-state index in [4.69, 9.17) is 0 Å². The molecule has 1 heterocycles. The van der Waals surface area contributed by atoms with Crippen LogP contribution in [0.25, 0.3) is 0 Å². The topological polar surface area (TPSA) is 39.1 Å². The van der Waals surface area contributed by atoms with Crippen LogP contribution in [0.2, 0.25) is 0 Å². The van der Waals surface area contributed by atoms with Gasteiger partial charge in [0, 0.05) is 12.1 Å². The van der Waals surface area contributed by atoms with Crippen molar-refractivity contribution >= 4 is 0 Å². The fourth-order valence-corrected chi connectivity index (χ4v) is 3.95. The van der Waals surface area contributed by atoms with Crippen LogP contribution < -0.4 is 5.32 Å². The Balaban J connectivity index is 2.04. The van der Waals surface area contributed by atoms with Crippen LogP contribution in [0.5, 0.6) is 0 Å². The lowest BCUT2D eigenvalue weighted by molar-refractivity contribution is 0.107. The monoisotopic (exact) mass is 249 g/mol. The molecule has 1 aliphatic carbocycles. The standard InChI is InChI=1S/C15H27N3/c1-3-13-8-6-10-18(13)14-7-5-9-15(11-14,12-16)17-4-2/h13-14,17H,3-11H2,1-2H3. The van der Waals surface area contributed by atoms with Crippen molar-refractivity contribution in [1.29, 1.82) is 5.26 Å². The maximum absolute atomic E-state index is 9.53. The van der Waals surface area contributed by atoms with Gasteiger partial charge in [0.2, 0.25) is 0 Å². The summed E-state index contributed by atoms with van der Waals surface area (Å²) in [7, 11) is 0. The number of nitrogens with one attached hydrogen (secondary N) is 1. The maximum Gasteiger partial charge on any atom is 0.108 e. The molecule has 0 aromatic carbocycles. The second-order valence-corrected chi connectivity index (χ2v) is 5.92. The number of nitrogens with zero attached hydrogens (tertiary/aromatic N) is 2. The van der Waals surface area contributed by atoms with E-state index in [0.717, 1.165) is 25.4 Å². The summed E-state index contributed by atoms with van der Waals surface area (Å²) in [5, 5.41) is 13.0. The first-order chi connectivity index (χ1) is 8.74. The molecule has 3 heteroatoms. The van der Waals surface area contributed by atoms with Crippen molar-refractivity contribution in [3.8, 4) is 6.07 Å². The normalized spacial score (nSPS) is 37.6. The molecule has 0 aromatic heterocycles. The molecule has 1 saturated heterocycles. The van der Waals surface area contributed by atoms with Gasteiger partial charge >= 0.3 is 0 Å². The van der Waals surface area contributed by atoms with Crippen LogP contribution >= 0.6 is 0 Å². The van der Waals surface area contributed by atoms with Crippen molar-refractivity contribution in [1.82, 2.24) is 10.2 Å². The third-order valence-corrected chi connectivity index (χ3v) is 4.82. The molecule has 18 heavy (non-hydrogen) atoms. The zero-order valence-electron chi connectivity index (χ0n) is 11.9. The first kappa shape index (κ1) is 13.8. The molecule has 0 bridgehead atoms. The predicted octanol–water partition coefficient (Wildman–Crippen LogP) is 2.68. The quantitative estimate of drug-likeness (QED) is 0.832. The molecule has 0 aromatic rings. The third-order valence-electron chi connectivity index (χ3n) is 4.82. The Kier molecular flexibility index (Phi) is 4.64. The molecule has 102 valence electrons. The Morgan fingerprint density at radius 3 is 2.83 bits per heavy atom. The summed E-state index contributed by atoms with van der Waals surface area (Å²) in [6, 6.07) is 3.97.